The van der Waals surface area contributed by atoms with E-state index in [0.717, 1.165) is 11.3 Å². The van der Waals surface area contributed by atoms with Crippen molar-refractivity contribution < 1.29 is 18.9 Å². The highest BCUT2D eigenvalue weighted by molar-refractivity contribution is 5.99. The Morgan fingerprint density at radius 3 is 2.35 bits per heavy atom. The van der Waals surface area contributed by atoms with Crippen LogP contribution in [0.5, 0.6) is 5.75 Å². The smallest absolute Gasteiger partial charge is 0.310 e. The van der Waals surface area contributed by atoms with Crippen molar-refractivity contribution in [3.8, 4) is 5.75 Å². The zero-order valence-corrected chi connectivity index (χ0v) is 14.8. The van der Waals surface area contributed by atoms with Crippen LogP contribution >= 0.6 is 0 Å². The average Bonchev–Trinajstić information content (AvgIpc) is 3.14. The lowest BCUT2D eigenvalue weighted by Crippen LogP contribution is -2.43. The largest absolute Gasteiger partial charge is 0.494 e. The molecule has 3 aromatic rings. The Labute approximate surface area is 152 Å². The molecule has 0 N–H and O–H groups in total. The maximum absolute atomic E-state index is 13.2. The summed E-state index contributed by atoms with van der Waals surface area (Å²) in [5, 5.41) is 0. The Hall–Kier alpha value is -3.21. The van der Waals surface area contributed by atoms with Gasteiger partial charge in [0.1, 0.15) is 18.1 Å². The second-order valence-electron chi connectivity index (χ2n) is 5.92. The third-order valence-corrected chi connectivity index (χ3v) is 4.13. The van der Waals surface area contributed by atoms with E-state index < -0.39 is 6.04 Å². The summed E-state index contributed by atoms with van der Waals surface area (Å²) in [6.45, 7) is 3.99. The van der Waals surface area contributed by atoms with E-state index in [1.165, 1.54) is 11.5 Å². The maximum Gasteiger partial charge on any atom is 0.310 e. The van der Waals surface area contributed by atoms with E-state index in [2.05, 4.69) is 0 Å². The number of nitrogens with zero attached hydrogens (tertiary/aromatic N) is 2. The fraction of sp³-hybridized carbons (Fsp3) is 0.190. The first kappa shape index (κ1) is 17.6. The third kappa shape index (κ3) is 3.72. The Balaban J connectivity index is 2.03. The molecule has 0 aliphatic rings. The zero-order valence-electron chi connectivity index (χ0n) is 14.8. The van der Waals surface area contributed by atoms with E-state index in [1.807, 2.05) is 49.4 Å². The van der Waals surface area contributed by atoms with E-state index in [0.29, 0.717) is 12.2 Å². The highest BCUT2D eigenvalue weighted by atomic mass is 16.5. The SMILES string of the molecule is CCOc1ccc(C(C(=O)c2ccccc2)[n+]2ccn(C(C)=O)c2)cc1. The Kier molecular flexibility index (Phi) is 5.27. The summed E-state index contributed by atoms with van der Waals surface area (Å²) >= 11 is 0. The first-order valence-electron chi connectivity index (χ1n) is 8.52. The second kappa shape index (κ2) is 7.78. The van der Waals surface area contributed by atoms with Crippen molar-refractivity contribution in [3.05, 3.63) is 84.4 Å². The Bertz CT molecular complexity index is 899. The molecule has 3 rings (SSSR count). The molecule has 0 fully saturated rings. The number of rotatable bonds is 6. The minimum absolute atomic E-state index is 0.0407. The van der Waals surface area contributed by atoms with Crippen molar-refractivity contribution in [1.29, 1.82) is 0 Å². The molecule has 26 heavy (non-hydrogen) atoms. The molecule has 0 aliphatic heterocycles. The molecule has 5 heteroatoms. The zero-order chi connectivity index (χ0) is 18.5. The maximum atomic E-state index is 13.2. The molecule has 0 aliphatic carbocycles. The first-order valence-corrected chi connectivity index (χ1v) is 8.52. The number of benzene rings is 2. The lowest BCUT2D eigenvalue weighted by atomic mass is 9.97. The molecule has 2 aromatic carbocycles. The summed E-state index contributed by atoms with van der Waals surface area (Å²) in [4.78, 5) is 24.8. The van der Waals surface area contributed by atoms with Gasteiger partial charge in [-0.15, -0.1) is 0 Å². The lowest BCUT2D eigenvalue weighted by molar-refractivity contribution is -0.698. The van der Waals surface area contributed by atoms with Gasteiger partial charge in [-0.25, -0.2) is 9.36 Å². The third-order valence-electron chi connectivity index (χ3n) is 4.13. The van der Waals surface area contributed by atoms with Crippen LogP contribution in [0, 0.1) is 0 Å². The van der Waals surface area contributed by atoms with Crippen LogP contribution in [-0.4, -0.2) is 22.9 Å². The predicted octanol–water partition coefficient (Wildman–Crippen LogP) is 3.31. The first-order chi connectivity index (χ1) is 12.6. The van der Waals surface area contributed by atoms with Gasteiger partial charge < -0.3 is 4.74 Å². The van der Waals surface area contributed by atoms with Crippen LogP contribution < -0.4 is 9.30 Å². The van der Waals surface area contributed by atoms with E-state index >= 15 is 0 Å². The van der Waals surface area contributed by atoms with Gasteiger partial charge in [0.25, 0.3) is 6.33 Å². The van der Waals surface area contributed by atoms with Gasteiger partial charge in [-0.1, -0.05) is 42.5 Å². The molecular weight excluding hydrogens is 328 g/mol. The van der Waals surface area contributed by atoms with Crippen molar-refractivity contribution in [2.24, 2.45) is 0 Å². The monoisotopic (exact) mass is 349 g/mol. The summed E-state index contributed by atoms with van der Waals surface area (Å²) in [5.74, 6) is 0.607. The van der Waals surface area contributed by atoms with Crippen LogP contribution in [0.15, 0.2) is 73.3 Å². The second-order valence-corrected chi connectivity index (χ2v) is 5.92. The van der Waals surface area contributed by atoms with Crippen molar-refractivity contribution in [2.45, 2.75) is 19.9 Å². The number of ketones is 1. The van der Waals surface area contributed by atoms with E-state index in [9.17, 15) is 9.59 Å². The number of hydrogen-bond donors (Lipinski definition) is 0. The minimum Gasteiger partial charge on any atom is -0.494 e. The number of hydrogen-bond acceptors (Lipinski definition) is 3. The van der Waals surface area contributed by atoms with Gasteiger partial charge in [-0.05, 0) is 19.1 Å². The van der Waals surface area contributed by atoms with E-state index in [-0.39, 0.29) is 11.7 Å². The standard InChI is InChI=1S/C21H21N2O3/c1-3-26-19-11-9-17(10-12-19)20(21(25)18-7-5-4-6-8-18)23-14-13-22(15-23)16(2)24/h4-15,20H,3H2,1-2H3/q+1. The van der Waals surface area contributed by atoms with E-state index in [4.69, 9.17) is 4.74 Å². The number of carbonyl (C=O) groups is 2. The van der Waals surface area contributed by atoms with Crippen LogP contribution in [0.3, 0.4) is 0 Å². The number of Topliss-reactive ketones (excluding diaryl/α,β-unsaturated/α-hetero) is 1. The Morgan fingerprint density at radius 2 is 1.77 bits per heavy atom. The molecule has 1 unspecified atom stereocenters. The molecule has 5 nitrogen and oxygen atoms in total. The van der Waals surface area contributed by atoms with Gasteiger partial charge in [-0.3, -0.25) is 4.79 Å². The molecule has 1 heterocycles. The summed E-state index contributed by atoms with van der Waals surface area (Å²) in [5.41, 5.74) is 1.45. The summed E-state index contributed by atoms with van der Waals surface area (Å²) in [6.07, 6.45) is 5.04. The molecule has 1 atom stereocenters. The molecule has 0 saturated carbocycles. The highest BCUT2D eigenvalue weighted by Crippen LogP contribution is 2.21. The number of ether oxygens (including phenoxy) is 1. The van der Waals surface area contributed by atoms with Crippen LogP contribution in [0.1, 0.15) is 40.6 Å². The fourth-order valence-electron chi connectivity index (χ4n) is 2.84. The fourth-order valence-corrected chi connectivity index (χ4v) is 2.84. The summed E-state index contributed by atoms with van der Waals surface area (Å²) in [6, 6.07) is 16.1. The molecule has 132 valence electrons. The quantitative estimate of drug-likeness (QED) is 0.507. The summed E-state index contributed by atoms with van der Waals surface area (Å²) in [7, 11) is 0. The minimum atomic E-state index is -0.561. The Morgan fingerprint density at radius 1 is 1.08 bits per heavy atom. The molecule has 0 amide bonds. The molecular formula is C21H21N2O3+. The van der Waals surface area contributed by atoms with Crippen LogP contribution in [0.25, 0.3) is 0 Å². The van der Waals surface area contributed by atoms with Crippen molar-refractivity contribution >= 4 is 11.7 Å². The normalized spacial score (nSPS) is 11.8. The van der Waals surface area contributed by atoms with Gasteiger partial charge in [0, 0.05) is 18.1 Å². The van der Waals surface area contributed by atoms with Gasteiger partial charge in [0.15, 0.2) is 6.04 Å². The van der Waals surface area contributed by atoms with Gasteiger partial charge >= 0.3 is 5.91 Å². The molecule has 0 spiro atoms. The van der Waals surface area contributed by atoms with Gasteiger partial charge in [0.05, 0.1) is 6.61 Å². The van der Waals surface area contributed by atoms with Crippen LogP contribution in [0.2, 0.25) is 0 Å². The lowest BCUT2D eigenvalue weighted by Gasteiger charge is -2.14. The van der Waals surface area contributed by atoms with Crippen molar-refractivity contribution in [2.75, 3.05) is 6.61 Å². The average molecular weight is 349 g/mol. The van der Waals surface area contributed by atoms with Crippen molar-refractivity contribution in [3.63, 3.8) is 0 Å². The molecule has 1 aromatic heterocycles. The molecule has 0 bridgehead atoms. The predicted molar refractivity (Wildman–Crippen MR) is 97.5 cm³/mol. The highest BCUT2D eigenvalue weighted by Gasteiger charge is 2.29. The van der Waals surface area contributed by atoms with Crippen molar-refractivity contribution in [1.82, 2.24) is 4.57 Å². The number of aromatic nitrogens is 2. The summed E-state index contributed by atoms with van der Waals surface area (Å²) < 4.78 is 8.70. The number of imidazole rings is 1. The molecule has 0 radical (unpaired) electrons. The topological polar surface area (TPSA) is 52.2 Å². The van der Waals surface area contributed by atoms with Crippen LogP contribution in [0.4, 0.5) is 0 Å². The number of carbonyl (C=O) groups excluding carboxylic acids is 2. The van der Waals surface area contributed by atoms with E-state index in [1.54, 1.807) is 35.4 Å². The molecule has 0 saturated heterocycles. The van der Waals surface area contributed by atoms with Crippen LogP contribution in [-0.2, 0) is 0 Å². The van der Waals surface area contributed by atoms with Gasteiger partial charge in [0.2, 0.25) is 5.78 Å². The van der Waals surface area contributed by atoms with Gasteiger partial charge in [-0.2, -0.15) is 4.57 Å².